The monoisotopic (exact) mass is 237 g/mol. The second-order valence-electron chi connectivity index (χ2n) is 5.20. The molecule has 3 heteroatoms. The van der Waals surface area contributed by atoms with Crippen molar-refractivity contribution in [2.45, 2.75) is 32.9 Å². The zero-order valence-electron chi connectivity index (χ0n) is 11.7. The Bertz CT molecular complexity index is 369. The van der Waals surface area contributed by atoms with Gasteiger partial charge in [0.2, 0.25) is 0 Å². The molecular weight excluding hydrogens is 214 g/mol. The summed E-state index contributed by atoms with van der Waals surface area (Å²) in [6.45, 7) is 7.45. The normalized spacial score (nSPS) is 11.7. The largest absolute Gasteiger partial charge is 0.497 e. The molecule has 3 nitrogen and oxygen atoms in total. The van der Waals surface area contributed by atoms with Crippen LogP contribution in [-0.2, 0) is 6.54 Å². The van der Waals surface area contributed by atoms with Crippen molar-refractivity contribution >= 4 is 0 Å². The highest BCUT2D eigenvalue weighted by atomic mass is 16.5. The summed E-state index contributed by atoms with van der Waals surface area (Å²) in [7, 11) is 5.47. The van der Waals surface area contributed by atoms with Crippen molar-refractivity contribution in [2.75, 3.05) is 21.3 Å². The Kier molecular flexibility index (Phi) is 4.40. The molecule has 0 aliphatic carbocycles. The van der Waals surface area contributed by atoms with Gasteiger partial charge in [0.1, 0.15) is 11.5 Å². The number of benzene rings is 1. The third kappa shape index (κ3) is 3.63. The molecule has 0 aromatic heterocycles. The van der Waals surface area contributed by atoms with E-state index in [1.54, 1.807) is 14.2 Å². The van der Waals surface area contributed by atoms with E-state index in [9.17, 15) is 0 Å². The van der Waals surface area contributed by atoms with Gasteiger partial charge in [-0.2, -0.15) is 0 Å². The van der Waals surface area contributed by atoms with Crippen LogP contribution in [-0.4, -0.2) is 31.7 Å². The third-order valence-electron chi connectivity index (χ3n) is 3.05. The van der Waals surface area contributed by atoms with Gasteiger partial charge in [-0.15, -0.1) is 0 Å². The summed E-state index contributed by atoms with van der Waals surface area (Å²) in [5.74, 6) is 1.70. The molecule has 0 atom stereocenters. The highest BCUT2D eigenvalue weighted by molar-refractivity contribution is 5.40. The van der Waals surface area contributed by atoms with Crippen molar-refractivity contribution in [3.05, 3.63) is 23.8 Å². The summed E-state index contributed by atoms with van der Waals surface area (Å²) in [6.07, 6.45) is 0. The van der Waals surface area contributed by atoms with E-state index in [0.717, 1.165) is 18.0 Å². The lowest BCUT2D eigenvalue weighted by Crippen LogP contribution is -2.37. The minimum atomic E-state index is 0.144. The summed E-state index contributed by atoms with van der Waals surface area (Å²) >= 11 is 0. The topological polar surface area (TPSA) is 21.7 Å². The minimum Gasteiger partial charge on any atom is -0.497 e. The van der Waals surface area contributed by atoms with Gasteiger partial charge in [-0.05, 0) is 33.9 Å². The number of ether oxygens (including phenoxy) is 2. The second kappa shape index (κ2) is 5.41. The molecule has 0 amide bonds. The maximum absolute atomic E-state index is 5.39. The van der Waals surface area contributed by atoms with Crippen LogP contribution >= 0.6 is 0 Å². The molecule has 17 heavy (non-hydrogen) atoms. The second-order valence-corrected chi connectivity index (χ2v) is 5.20. The van der Waals surface area contributed by atoms with Crippen molar-refractivity contribution in [1.82, 2.24) is 4.90 Å². The van der Waals surface area contributed by atoms with Crippen LogP contribution in [0.1, 0.15) is 26.3 Å². The summed E-state index contributed by atoms with van der Waals surface area (Å²) in [5, 5.41) is 0. The Balaban J connectivity index is 2.91. The van der Waals surface area contributed by atoms with E-state index in [1.807, 2.05) is 12.1 Å². The highest BCUT2D eigenvalue weighted by Gasteiger charge is 2.18. The van der Waals surface area contributed by atoms with Crippen LogP contribution in [0, 0.1) is 0 Å². The number of rotatable bonds is 4. The van der Waals surface area contributed by atoms with Crippen LogP contribution in [0.5, 0.6) is 11.5 Å². The van der Waals surface area contributed by atoms with E-state index in [-0.39, 0.29) is 5.54 Å². The molecule has 1 rings (SSSR count). The molecule has 0 saturated heterocycles. The van der Waals surface area contributed by atoms with Crippen molar-refractivity contribution in [1.29, 1.82) is 0 Å². The predicted molar refractivity (Wildman–Crippen MR) is 70.8 cm³/mol. The molecule has 96 valence electrons. The Morgan fingerprint density at radius 3 is 2.24 bits per heavy atom. The van der Waals surface area contributed by atoms with Crippen LogP contribution in [0.3, 0.4) is 0 Å². The first-order valence-corrected chi connectivity index (χ1v) is 5.80. The zero-order chi connectivity index (χ0) is 13.1. The van der Waals surface area contributed by atoms with Crippen molar-refractivity contribution in [2.24, 2.45) is 0 Å². The lowest BCUT2D eigenvalue weighted by molar-refractivity contribution is 0.165. The lowest BCUT2D eigenvalue weighted by atomic mass is 10.1. The van der Waals surface area contributed by atoms with E-state index >= 15 is 0 Å². The number of methoxy groups -OCH3 is 2. The average Bonchev–Trinajstić information content (AvgIpc) is 2.28. The Labute approximate surface area is 104 Å². The van der Waals surface area contributed by atoms with Gasteiger partial charge in [0.05, 0.1) is 14.2 Å². The first-order chi connectivity index (χ1) is 7.88. The van der Waals surface area contributed by atoms with Crippen molar-refractivity contribution in [3.63, 3.8) is 0 Å². The van der Waals surface area contributed by atoms with Crippen LogP contribution in [0.15, 0.2) is 18.2 Å². The fourth-order valence-corrected chi connectivity index (χ4v) is 1.48. The number of hydrogen-bond acceptors (Lipinski definition) is 3. The maximum Gasteiger partial charge on any atom is 0.127 e. The fourth-order valence-electron chi connectivity index (χ4n) is 1.48. The van der Waals surface area contributed by atoms with Gasteiger partial charge in [-0.25, -0.2) is 0 Å². The predicted octanol–water partition coefficient (Wildman–Crippen LogP) is 2.93. The van der Waals surface area contributed by atoms with E-state index in [2.05, 4.69) is 38.8 Å². The quantitative estimate of drug-likeness (QED) is 0.803. The maximum atomic E-state index is 5.39. The molecule has 0 bridgehead atoms. The van der Waals surface area contributed by atoms with Gasteiger partial charge >= 0.3 is 0 Å². The van der Waals surface area contributed by atoms with Gasteiger partial charge in [-0.3, -0.25) is 4.90 Å². The first kappa shape index (κ1) is 13.8. The first-order valence-electron chi connectivity index (χ1n) is 5.80. The highest BCUT2D eigenvalue weighted by Crippen LogP contribution is 2.27. The van der Waals surface area contributed by atoms with Gasteiger partial charge in [0.15, 0.2) is 0 Å². The summed E-state index contributed by atoms with van der Waals surface area (Å²) in [6, 6.07) is 5.94. The van der Waals surface area contributed by atoms with E-state index in [4.69, 9.17) is 9.47 Å². The number of hydrogen-bond donors (Lipinski definition) is 0. The Morgan fingerprint density at radius 1 is 1.12 bits per heavy atom. The number of nitrogens with zero attached hydrogens (tertiary/aromatic N) is 1. The van der Waals surface area contributed by atoms with Gasteiger partial charge in [-0.1, -0.05) is 6.07 Å². The van der Waals surface area contributed by atoms with E-state index < -0.39 is 0 Å². The fraction of sp³-hybridized carbons (Fsp3) is 0.571. The minimum absolute atomic E-state index is 0.144. The molecule has 0 unspecified atom stereocenters. The van der Waals surface area contributed by atoms with Crippen molar-refractivity contribution < 1.29 is 9.47 Å². The van der Waals surface area contributed by atoms with Crippen LogP contribution in [0.4, 0.5) is 0 Å². The molecule has 0 fully saturated rings. The molecule has 0 aliphatic rings. The van der Waals surface area contributed by atoms with Crippen molar-refractivity contribution in [3.8, 4) is 11.5 Å². The average molecular weight is 237 g/mol. The molecule has 0 radical (unpaired) electrons. The van der Waals surface area contributed by atoms with E-state index in [0.29, 0.717) is 0 Å². The van der Waals surface area contributed by atoms with Crippen LogP contribution < -0.4 is 9.47 Å². The van der Waals surface area contributed by atoms with E-state index in [1.165, 1.54) is 5.56 Å². The lowest BCUT2D eigenvalue weighted by Gasteiger charge is -2.32. The summed E-state index contributed by atoms with van der Waals surface area (Å²) < 4.78 is 10.6. The zero-order valence-corrected chi connectivity index (χ0v) is 11.7. The van der Waals surface area contributed by atoms with Gasteiger partial charge in [0.25, 0.3) is 0 Å². The molecule has 0 aliphatic heterocycles. The molecule has 0 heterocycles. The standard InChI is InChI=1S/C14H23NO2/c1-14(2,3)15(4)10-11-7-8-12(16-5)9-13(11)17-6/h7-9H,10H2,1-6H3. The molecule has 1 aromatic carbocycles. The molecule has 0 saturated carbocycles. The third-order valence-corrected chi connectivity index (χ3v) is 3.05. The molecule has 0 N–H and O–H groups in total. The molecule has 1 aromatic rings. The Morgan fingerprint density at radius 2 is 1.76 bits per heavy atom. The SMILES string of the molecule is COc1ccc(CN(C)C(C)(C)C)c(OC)c1. The summed E-state index contributed by atoms with van der Waals surface area (Å²) in [4.78, 5) is 2.29. The molecular formula is C14H23NO2. The Hall–Kier alpha value is -1.22. The smallest absolute Gasteiger partial charge is 0.127 e. The molecule has 0 spiro atoms. The van der Waals surface area contributed by atoms with Gasteiger partial charge in [0, 0.05) is 23.7 Å². The van der Waals surface area contributed by atoms with Crippen LogP contribution in [0.2, 0.25) is 0 Å². The van der Waals surface area contributed by atoms with Gasteiger partial charge < -0.3 is 9.47 Å². The summed E-state index contributed by atoms with van der Waals surface area (Å²) in [5.41, 5.74) is 1.32. The van der Waals surface area contributed by atoms with Crippen LogP contribution in [0.25, 0.3) is 0 Å².